The molecule has 1 N–H and O–H groups in total. The Morgan fingerprint density at radius 1 is 0.882 bits per heavy atom. The fourth-order valence-electron chi connectivity index (χ4n) is 8.22. The molecule has 0 bridgehead atoms. The standard InChI is InChI=1S/C36H51ClO14/c1-16(2)13-24(41)49-27-30(47-21(8)39)34(10)23(46-20(7)38)12-11-18(5)26(37)29-36(44,19(6)33(43)51-29)32(48-22(9)40)28(34)35(15-45-35)31(27)50-25(42)14-17(3)4/h16-17,19,23,26-32,44H,5,11-15H2,1-4,6-10H3/t19-,23-,26-,27+,28+,29-,30-,31+,32-,34+,35-,36-/m0/s1. The van der Waals surface area contributed by atoms with E-state index in [1.54, 1.807) is 34.6 Å². The van der Waals surface area contributed by atoms with Crippen LogP contribution in [0.1, 0.15) is 88.0 Å². The second kappa shape index (κ2) is 15.0. The molecule has 12 atom stereocenters. The summed E-state index contributed by atoms with van der Waals surface area (Å²) in [6.45, 7) is 17.5. The fraction of sp³-hybridized carbons (Fsp3) is 0.778. The van der Waals surface area contributed by atoms with Gasteiger partial charge in [-0.05, 0) is 31.6 Å². The molecule has 4 fully saturated rings. The van der Waals surface area contributed by atoms with Crippen molar-refractivity contribution >= 4 is 47.4 Å². The van der Waals surface area contributed by atoms with E-state index in [9.17, 15) is 33.9 Å². The van der Waals surface area contributed by atoms with Gasteiger partial charge in [0.2, 0.25) is 0 Å². The summed E-state index contributed by atoms with van der Waals surface area (Å²) in [5, 5.41) is 11.7. The minimum Gasteiger partial charge on any atom is -0.462 e. The molecule has 2 heterocycles. The first-order valence-corrected chi connectivity index (χ1v) is 17.8. The molecule has 2 aliphatic carbocycles. The predicted molar refractivity (Wildman–Crippen MR) is 178 cm³/mol. The number of ether oxygens (including phenoxy) is 7. The summed E-state index contributed by atoms with van der Waals surface area (Å²) in [4.78, 5) is 79.3. The maximum Gasteiger partial charge on any atom is 0.312 e. The maximum atomic E-state index is 13.5. The van der Waals surface area contributed by atoms with E-state index in [1.165, 1.54) is 13.8 Å². The van der Waals surface area contributed by atoms with Crippen LogP contribution in [0.3, 0.4) is 0 Å². The van der Waals surface area contributed by atoms with Gasteiger partial charge in [0.25, 0.3) is 0 Å². The van der Waals surface area contributed by atoms with Crippen molar-refractivity contribution in [2.45, 2.75) is 141 Å². The Bertz CT molecular complexity index is 1420. The molecule has 0 radical (unpaired) electrons. The van der Waals surface area contributed by atoms with Gasteiger partial charge in [-0.1, -0.05) is 46.8 Å². The van der Waals surface area contributed by atoms with E-state index in [0.717, 1.165) is 13.8 Å². The van der Waals surface area contributed by atoms with Crippen molar-refractivity contribution in [3.05, 3.63) is 12.2 Å². The third-order valence-corrected chi connectivity index (χ3v) is 11.1. The van der Waals surface area contributed by atoms with Gasteiger partial charge >= 0.3 is 35.8 Å². The molecule has 4 aliphatic rings. The minimum atomic E-state index is -2.39. The summed E-state index contributed by atoms with van der Waals surface area (Å²) in [6, 6.07) is 0. The fourth-order valence-corrected chi connectivity index (χ4v) is 8.58. The molecule has 0 amide bonds. The number of carbonyl (C=O) groups excluding carboxylic acids is 6. The normalized spacial score (nSPS) is 39.0. The number of halogens is 1. The Morgan fingerprint density at radius 3 is 1.88 bits per heavy atom. The number of esters is 6. The Balaban J connectivity index is 2.13. The molecular formula is C36H51ClO14. The van der Waals surface area contributed by atoms with Gasteiger partial charge in [-0.2, -0.15) is 0 Å². The highest BCUT2D eigenvalue weighted by Gasteiger charge is 2.81. The van der Waals surface area contributed by atoms with Gasteiger partial charge in [-0.15, -0.1) is 11.6 Å². The quantitative estimate of drug-likeness (QED) is 0.119. The van der Waals surface area contributed by atoms with Gasteiger partial charge < -0.3 is 38.3 Å². The van der Waals surface area contributed by atoms with E-state index in [-0.39, 0.29) is 44.1 Å². The van der Waals surface area contributed by atoms with Crippen LogP contribution in [0, 0.1) is 29.1 Å². The zero-order valence-electron chi connectivity index (χ0n) is 30.7. The van der Waals surface area contributed by atoms with E-state index in [4.69, 9.17) is 44.8 Å². The summed E-state index contributed by atoms with van der Waals surface area (Å²) in [6.07, 6.45) is -9.16. The van der Waals surface area contributed by atoms with Crippen molar-refractivity contribution in [2.24, 2.45) is 29.1 Å². The lowest BCUT2D eigenvalue weighted by atomic mass is 9.51. The molecule has 2 saturated carbocycles. The zero-order valence-corrected chi connectivity index (χ0v) is 31.5. The highest BCUT2D eigenvalue weighted by atomic mass is 35.5. The lowest BCUT2D eigenvalue weighted by Crippen LogP contribution is -2.76. The molecule has 0 unspecified atom stereocenters. The number of epoxide rings is 1. The first-order chi connectivity index (χ1) is 23.6. The van der Waals surface area contributed by atoms with E-state index >= 15 is 0 Å². The number of hydrogen-bond acceptors (Lipinski definition) is 14. The van der Waals surface area contributed by atoms with Gasteiger partial charge in [0, 0.05) is 39.5 Å². The van der Waals surface area contributed by atoms with Crippen LogP contribution in [-0.4, -0.2) is 101 Å². The van der Waals surface area contributed by atoms with Crippen LogP contribution in [0.25, 0.3) is 0 Å². The molecular weight excluding hydrogens is 692 g/mol. The molecule has 14 nitrogen and oxygen atoms in total. The van der Waals surface area contributed by atoms with Crippen molar-refractivity contribution in [1.29, 1.82) is 0 Å². The largest absolute Gasteiger partial charge is 0.462 e. The lowest BCUT2D eigenvalue weighted by molar-refractivity contribution is -0.286. The van der Waals surface area contributed by atoms with Gasteiger partial charge in [-0.25, -0.2) is 0 Å². The highest BCUT2D eigenvalue weighted by Crippen LogP contribution is 2.64. The van der Waals surface area contributed by atoms with Crippen molar-refractivity contribution in [3.63, 3.8) is 0 Å². The SMILES string of the molecule is C=C1CC[C@H](OC(C)=O)[C@@]2(C)[C@@H](OC(C)=O)[C@@H](OC(=O)CC(C)C)[C@@H](OC(=O)CC(C)C)[C@]3(CO3)[C@@H]2[C@H](OC(C)=O)[C@]2(O)[C@@H](C)C(=O)O[C@H]2[C@H]1Cl. The molecule has 0 aromatic rings. The Hall–Kier alpha value is -3.23. The van der Waals surface area contributed by atoms with E-state index in [2.05, 4.69) is 6.58 Å². The van der Waals surface area contributed by atoms with Crippen LogP contribution >= 0.6 is 11.6 Å². The van der Waals surface area contributed by atoms with E-state index in [0.29, 0.717) is 5.57 Å². The number of rotatable bonds is 9. The number of alkyl halides is 1. The van der Waals surface area contributed by atoms with Crippen molar-refractivity contribution in [2.75, 3.05) is 6.61 Å². The van der Waals surface area contributed by atoms with Crippen LogP contribution in [0.5, 0.6) is 0 Å². The van der Waals surface area contributed by atoms with Crippen molar-refractivity contribution in [1.82, 2.24) is 0 Å². The minimum absolute atomic E-state index is 0.00557. The summed E-state index contributed by atoms with van der Waals surface area (Å²) in [5.41, 5.74) is -5.57. The molecule has 15 heteroatoms. The average molecular weight is 743 g/mol. The molecule has 2 saturated heterocycles. The Kier molecular flexibility index (Phi) is 11.9. The highest BCUT2D eigenvalue weighted by molar-refractivity contribution is 6.23. The van der Waals surface area contributed by atoms with Gasteiger partial charge in [0.15, 0.2) is 30.0 Å². The van der Waals surface area contributed by atoms with Crippen molar-refractivity contribution in [3.8, 4) is 0 Å². The van der Waals surface area contributed by atoms with E-state index < -0.39 is 106 Å². The molecule has 4 rings (SSSR count). The molecule has 2 aliphatic heterocycles. The third-order valence-electron chi connectivity index (χ3n) is 10.5. The second-order valence-electron chi connectivity index (χ2n) is 15.4. The molecule has 0 aromatic carbocycles. The average Bonchev–Trinajstić information content (AvgIpc) is 3.74. The molecule has 0 aromatic heterocycles. The first kappa shape index (κ1) is 40.5. The topological polar surface area (TPSA) is 191 Å². The smallest absolute Gasteiger partial charge is 0.312 e. The van der Waals surface area contributed by atoms with Crippen molar-refractivity contribution < 1.29 is 67.0 Å². The maximum absolute atomic E-state index is 13.5. The van der Waals surface area contributed by atoms with Crippen LogP contribution in [0.2, 0.25) is 0 Å². The van der Waals surface area contributed by atoms with Crippen LogP contribution in [0.4, 0.5) is 0 Å². The number of aliphatic hydroxyl groups is 1. The van der Waals surface area contributed by atoms with Crippen LogP contribution < -0.4 is 0 Å². The summed E-state index contributed by atoms with van der Waals surface area (Å²) in [7, 11) is 0. The molecule has 286 valence electrons. The van der Waals surface area contributed by atoms with Gasteiger partial charge in [0.1, 0.15) is 17.8 Å². The van der Waals surface area contributed by atoms with Crippen LogP contribution in [0.15, 0.2) is 12.2 Å². The lowest BCUT2D eigenvalue weighted by Gasteiger charge is -2.60. The zero-order chi connectivity index (χ0) is 38.4. The second-order valence-corrected chi connectivity index (χ2v) is 15.8. The predicted octanol–water partition coefficient (Wildman–Crippen LogP) is 3.35. The first-order valence-electron chi connectivity index (χ1n) is 17.4. The number of carbonyl (C=O) groups is 6. The monoisotopic (exact) mass is 742 g/mol. The number of fused-ring (bicyclic) bond motifs is 3. The Morgan fingerprint density at radius 2 is 1.39 bits per heavy atom. The van der Waals surface area contributed by atoms with Gasteiger partial charge in [-0.3, -0.25) is 28.8 Å². The summed E-state index contributed by atoms with van der Waals surface area (Å²) >= 11 is 6.90. The Labute approximate surface area is 303 Å². The summed E-state index contributed by atoms with van der Waals surface area (Å²) < 4.78 is 42.3. The van der Waals surface area contributed by atoms with E-state index in [1.807, 2.05) is 0 Å². The molecule has 51 heavy (non-hydrogen) atoms. The number of hydrogen-bond donors (Lipinski definition) is 1. The van der Waals surface area contributed by atoms with Crippen LogP contribution in [-0.2, 0) is 61.9 Å². The van der Waals surface area contributed by atoms with Gasteiger partial charge in [0.05, 0.1) is 23.3 Å². The molecule has 1 spiro atoms. The third kappa shape index (κ3) is 7.64. The summed E-state index contributed by atoms with van der Waals surface area (Å²) in [5.74, 6) is -7.73.